The maximum atomic E-state index is 12.2. The molecule has 2 N–H and O–H groups in total. The van der Waals surface area contributed by atoms with Crippen LogP contribution >= 0.6 is 0 Å². The van der Waals surface area contributed by atoms with Gasteiger partial charge in [-0.3, -0.25) is 4.90 Å². The third-order valence-electron chi connectivity index (χ3n) is 4.74. The summed E-state index contributed by atoms with van der Waals surface area (Å²) in [6.07, 6.45) is 4.11. The van der Waals surface area contributed by atoms with E-state index in [0.29, 0.717) is 30.1 Å². The summed E-state index contributed by atoms with van der Waals surface area (Å²) in [6, 6.07) is 3.68. The van der Waals surface area contributed by atoms with Crippen molar-refractivity contribution in [2.45, 2.75) is 39.7 Å². The van der Waals surface area contributed by atoms with Crippen LogP contribution in [0.15, 0.2) is 18.3 Å². The number of rotatable bonds is 6. The molecule has 6 nitrogen and oxygen atoms in total. The van der Waals surface area contributed by atoms with E-state index in [-0.39, 0.29) is 6.03 Å². The van der Waals surface area contributed by atoms with E-state index < -0.39 is 0 Å². The minimum atomic E-state index is -0.225. The van der Waals surface area contributed by atoms with Crippen molar-refractivity contribution in [1.29, 1.82) is 0 Å². The molecule has 0 saturated carbocycles. The Labute approximate surface area is 145 Å². The van der Waals surface area contributed by atoms with Gasteiger partial charge >= 0.3 is 6.03 Å². The van der Waals surface area contributed by atoms with Crippen LogP contribution in [0.2, 0.25) is 0 Å². The normalized spacial score (nSPS) is 17.5. The van der Waals surface area contributed by atoms with Gasteiger partial charge in [-0.15, -0.1) is 0 Å². The van der Waals surface area contributed by atoms with Crippen LogP contribution in [0, 0.1) is 11.8 Å². The van der Waals surface area contributed by atoms with Gasteiger partial charge in [0.2, 0.25) is 5.88 Å². The van der Waals surface area contributed by atoms with Crippen molar-refractivity contribution in [1.82, 2.24) is 15.2 Å². The molecule has 2 heterocycles. The molecule has 134 valence electrons. The van der Waals surface area contributed by atoms with E-state index in [2.05, 4.69) is 41.3 Å². The highest BCUT2D eigenvalue weighted by Gasteiger charge is 2.26. The van der Waals surface area contributed by atoms with Crippen molar-refractivity contribution < 1.29 is 9.53 Å². The topological polar surface area (TPSA) is 66.5 Å². The Morgan fingerprint density at radius 1 is 1.42 bits per heavy atom. The first-order valence-corrected chi connectivity index (χ1v) is 8.79. The molecule has 0 bridgehead atoms. The Kier molecular flexibility index (Phi) is 6.85. The van der Waals surface area contributed by atoms with E-state index in [9.17, 15) is 4.79 Å². The predicted octanol–water partition coefficient (Wildman–Crippen LogP) is 2.97. The second-order valence-corrected chi connectivity index (χ2v) is 6.93. The highest BCUT2D eigenvalue weighted by Crippen LogP contribution is 2.22. The summed E-state index contributed by atoms with van der Waals surface area (Å²) in [5.41, 5.74) is 0.574. The molecule has 0 radical (unpaired) electrons. The van der Waals surface area contributed by atoms with Crippen LogP contribution in [0.25, 0.3) is 0 Å². The molecule has 0 aromatic carbocycles. The molecule has 24 heavy (non-hydrogen) atoms. The zero-order valence-corrected chi connectivity index (χ0v) is 15.2. The largest absolute Gasteiger partial charge is 0.480 e. The Bertz CT molecular complexity index is 528. The average Bonchev–Trinajstić information content (AvgIpc) is 2.57. The fourth-order valence-electron chi connectivity index (χ4n) is 3.16. The predicted molar refractivity (Wildman–Crippen MR) is 96.4 cm³/mol. The Balaban J connectivity index is 1.88. The molecule has 1 atom stereocenters. The molecule has 1 aliphatic heterocycles. The smallest absolute Gasteiger partial charge is 0.319 e. The zero-order chi connectivity index (χ0) is 17.5. The lowest BCUT2D eigenvalue weighted by molar-refractivity contribution is 0.108. The van der Waals surface area contributed by atoms with Gasteiger partial charge in [0, 0.05) is 18.8 Å². The number of likely N-dealkylation sites (tertiary alicyclic amines) is 1. The highest BCUT2D eigenvalue weighted by atomic mass is 16.5. The number of piperidine rings is 1. The summed E-state index contributed by atoms with van der Waals surface area (Å²) in [6.45, 7) is 9.61. The Hall–Kier alpha value is -1.82. The van der Waals surface area contributed by atoms with Crippen molar-refractivity contribution in [2.24, 2.45) is 11.8 Å². The molecule has 1 saturated heterocycles. The molecule has 2 rings (SSSR count). The molecule has 0 aliphatic carbocycles. The van der Waals surface area contributed by atoms with Gasteiger partial charge in [-0.2, -0.15) is 0 Å². The molecular formula is C18H30N4O2. The third-order valence-corrected chi connectivity index (χ3v) is 4.74. The number of amides is 2. The number of urea groups is 1. The summed E-state index contributed by atoms with van der Waals surface area (Å²) < 4.78 is 5.15. The molecule has 1 unspecified atom stereocenters. The molecule has 1 aliphatic rings. The average molecular weight is 334 g/mol. The Morgan fingerprint density at radius 2 is 2.12 bits per heavy atom. The lowest BCUT2D eigenvalue weighted by atomic mass is 9.94. The third kappa shape index (κ3) is 5.09. The number of carbonyl (C=O) groups is 1. The molecule has 2 amide bonds. The van der Waals surface area contributed by atoms with E-state index >= 15 is 0 Å². The highest BCUT2D eigenvalue weighted by molar-refractivity contribution is 5.90. The molecule has 1 aromatic heterocycles. The second kappa shape index (κ2) is 8.87. The van der Waals surface area contributed by atoms with Crippen molar-refractivity contribution >= 4 is 11.7 Å². The number of ether oxygens (including phenoxy) is 1. The maximum Gasteiger partial charge on any atom is 0.319 e. The van der Waals surface area contributed by atoms with E-state index in [4.69, 9.17) is 4.74 Å². The first kappa shape index (κ1) is 18.5. The minimum Gasteiger partial charge on any atom is -0.480 e. The number of hydrogen-bond donors (Lipinski definition) is 2. The fraction of sp³-hybridized carbons (Fsp3) is 0.667. The van der Waals surface area contributed by atoms with Crippen LogP contribution in [0.5, 0.6) is 5.88 Å². The number of carbonyl (C=O) groups excluding carboxylic acids is 1. The van der Waals surface area contributed by atoms with Crippen LogP contribution in [0.3, 0.4) is 0 Å². The Morgan fingerprint density at radius 3 is 2.75 bits per heavy atom. The standard InChI is InChI=1S/C18H30N4O2/c1-13(2)16(22-10-7-14(3)8-11-22)12-20-18(23)21-15-6-5-9-19-17(15)24-4/h5-6,9,13-14,16H,7-8,10-12H2,1-4H3,(H2,20,21,23). The molecule has 0 spiro atoms. The van der Waals surface area contributed by atoms with E-state index in [1.54, 1.807) is 18.3 Å². The van der Waals surface area contributed by atoms with E-state index in [1.807, 2.05) is 0 Å². The van der Waals surface area contributed by atoms with Gasteiger partial charge in [-0.25, -0.2) is 9.78 Å². The second-order valence-electron chi connectivity index (χ2n) is 6.93. The van der Waals surface area contributed by atoms with Crippen molar-refractivity contribution in [2.75, 3.05) is 32.1 Å². The van der Waals surface area contributed by atoms with Gasteiger partial charge in [-0.05, 0) is 49.9 Å². The molecule has 6 heteroatoms. The molecular weight excluding hydrogens is 304 g/mol. The van der Waals surface area contributed by atoms with E-state index in [1.165, 1.54) is 20.0 Å². The van der Waals surface area contributed by atoms with E-state index in [0.717, 1.165) is 19.0 Å². The number of anilines is 1. The van der Waals surface area contributed by atoms with Gasteiger partial charge in [0.25, 0.3) is 0 Å². The first-order valence-electron chi connectivity index (χ1n) is 8.79. The van der Waals surface area contributed by atoms with Crippen molar-refractivity contribution in [3.05, 3.63) is 18.3 Å². The summed E-state index contributed by atoms with van der Waals surface area (Å²) in [5, 5.41) is 5.81. The van der Waals surface area contributed by atoms with Crippen molar-refractivity contribution in [3.63, 3.8) is 0 Å². The maximum absolute atomic E-state index is 12.2. The summed E-state index contributed by atoms with van der Waals surface area (Å²) in [4.78, 5) is 18.8. The van der Waals surface area contributed by atoms with Gasteiger partial charge in [0.15, 0.2) is 0 Å². The van der Waals surface area contributed by atoms with Crippen molar-refractivity contribution in [3.8, 4) is 5.88 Å². The van der Waals surface area contributed by atoms with Crippen LogP contribution < -0.4 is 15.4 Å². The van der Waals surface area contributed by atoms with Crippen LogP contribution in [0.4, 0.5) is 10.5 Å². The SMILES string of the molecule is COc1ncccc1NC(=O)NCC(C(C)C)N1CCC(C)CC1. The number of pyridine rings is 1. The minimum absolute atomic E-state index is 0.225. The first-order chi connectivity index (χ1) is 11.5. The lowest BCUT2D eigenvalue weighted by Gasteiger charge is -2.38. The summed E-state index contributed by atoms with van der Waals surface area (Å²) in [5.74, 6) is 1.72. The molecule has 1 fully saturated rings. The number of nitrogens with zero attached hydrogens (tertiary/aromatic N) is 2. The number of nitrogens with one attached hydrogen (secondary N) is 2. The van der Waals surface area contributed by atoms with Gasteiger partial charge in [-0.1, -0.05) is 20.8 Å². The fourth-order valence-corrected chi connectivity index (χ4v) is 3.16. The quantitative estimate of drug-likeness (QED) is 0.839. The van der Waals surface area contributed by atoms with Crippen LogP contribution in [-0.2, 0) is 0 Å². The summed E-state index contributed by atoms with van der Waals surface area (Å²) in [7, 11) is 1.54. The number of methoxy groups -OCH3 is 1. The number of hydrogen-bond acceptors (Lipinski definition) is 4. The number of aromatic nitrogens is 1. The van der Waals surface area contributed by atoms with Gasteiger partial charge in [0.05, 0.1) is 7.11 Å². The summed E-state index contributed by atoms with van der Waals surface area (Å²) >= 11 is 0. The monoisotopic (exact) mass is 334 g/mol. The van der Waals surface area contributed by atoms with Crippen LogP contribution in [0.1, 0.15) is 33.6 Å². The van der Waals surface area contributed by atoms with Gasteiger partial charge < -0.3 is 15.4 Å². The molecule has 1 aromatic rings. The lowest BCUT2D eigenvalue weighted by Crippen LogP contribution is -2.50. The zero-order valence-electron chi connectivity index (χ0n) is 15.2. The van der Waals surface area contributed by atoms with Crippen LogP contribution in [-0.4, -0.2) is 48.7 Å². The van der Waals surface area contributed by atoms with Gasteiger partial charge in [0.1, 0.15) is 5.69 Å².